The van der Waals surface area contributed by atoms with Crippen molar-refractivity contribution in [2.75, 3.05) is 17.4 Å². The van der Waals surface area contributed by atoms with Crippen LogP contribution in [0, 0.1) is 12.7 Å². The Labute approximate surface area is 154 Å². The molecular weight excluding hydrogens is 359 g/mol. The van der Waals surface area contributed by atoms with Crippen molar-refractivity contribution in [1.29, 1.82) is 0 Å². The number of fused-ring (bicyclic) bond motifs is 1. The first-order valence-corrected chi connectivity index (χ1v) is 8.19. The van der Waals surface area contributed by atoms with E-state index >= 15 is 0 Å². The number of hydrogen-bond donors (Lipinski definition) is 2. The van der Waals surface area contributed by atoms with Gasteiger partial charge in [0.05, 0.1) is 5.02 Å². The molecule has 0 unspecified atom stereocenters. The van der Waals surface area contributed by atoms with Crippen LogP contribution in [0.25, 0.3) is 0 Å². The van der Waals surface area contributed by atoms with Crippen LogP contribution in [0.15, 0.2) is 42.6 Å². The van der Waals surface area contributed by atoms with Crippen molar-refractivity contribution in [1.82, 2.24) is 9.97 Å². The van der Waals surface area contributed by atoms with Crippen LogP contribution in [-0.2, 0) is 0 Å². The quantitative estimate of drug-likeness (QED) is 0.686. The lowest BCUT2D eigenvalue weighted by Gasteiger charge is -2.11. The fourth-order valence-corrected chi connectivity index (χ4v) is 2.62. The molecule has 0 spiro atoms. The van der Waals surface area contributed by atoms with Crippen molar-refractivity contribution in [2.24, 2.45) is 0 Å². The second-order valence-electron chi connectivity index (χ2n) is 5.67. The number of ether oxygens (including phenoxy) is 2. The second-order valence-corrected chi connectivity index (χ2v) is 6.08. The fraction of sp³-hybridized carbons (Fsp3) is 0.111. The lowest BCUT2D eigenvalue weighted by atomic mass is 10.2. The highest BCUT2D eigenvalue weighted by atomic mass is 35.5. The van der Waals surface area contributed by atoms with Crippen LogP contribution < -0.4 is 20.1 Å². The minimum absolute atomic E-state index is 0.0285. The molecule has 0 aliphatic carbocycles. The van der Waals surface area contributed by atoms with Crippen LogP contribution in [0.5, 0.6) is 11.5 Å². The summed E-state index contributed by atoms with van der Waals surface area (Å²) in [6.45, 7) is 2.12. The Morgan fingerprint density at radius 3 is 2.65 bits per heavy atom. The van der Waals surface area contributed by atoms with Gasteiger partial charge in [-0.3, -0.25) is 0 Å². The first-order valence-electron chi connectivity index (χ1n) is 7.81. The van der Waals surface area contributed by atoms with Gasteiger partial charge in [-0.05, 0) is 37.3 Å². The zero-order valence-corrected chi connectivity index (χ0v) is 14.5. The third-order valence-corrected chi connectivity index (χ3v) is 4.07. The number of benzene rings is 2. The highest BCUT2D eigenvalue weighted by Gasteiger charge is 2.14. The van der Waals surface area contributed by atoms with Gasteiger partial charge in [0.15, 0.2) is 11.5 Å². The van der Waals surface area contributed by atoms with Crippen LogP contribution in [0.3, 0.4) is 0 Å². The van der Waals surface area contributed by atoms with E-state index in [1.807, 2.05) is 25.1 Å². The van der Waals surface area contributed by atoms with Gasteiger partial charge in [-0.2, -0.15) is 4.98 Å². The van der Waals surface area contributed by atoms with Crippen LogP contribution in [0.4, 0.5) is 27.5 Å². The maximum Gasteiger partial charge on any atom is 0.231 e. The molecule has 2 heterocycles. The van der Waals surface area contributed by atoms with Gasteiger partial charge in [0.25, 0.3) is 0 Å². The summed E-state index contributed by atoms with van der Waals surface area (Å²) in [4.78, 5) is 8.71. The second kappa shape index (κ2) is 6.68. The van der Waals surface area contributed by atoms with E-state index in [0.717, 1.165) is 11.3 Å². The molecular formula is C18H14ClFN4O2. The summed E-state index contributed by atoms with van der Waals surface area (Å²) in [6.07, 6.45) is 1.69. The number of nitrogens with one attached hydrogen (secondary N) is 2. The maximum absolute atomic E-state index is 13.3. The highest BCUT2D eigenvalue weighted by Crippen LogP contribution is 2.35. The summed E-state index contributed by atoms with van der Waals surface area (Å²) in [5.41, 5.74) is 2.27. The Morgan fingerprint density at radius 2 is 1.81 bits per heavy atom. The summed E-state index contributed by atoms with van der Waals surface area (Å²) in [5, 5.41) is 6.27. The minimum atomic E-state index is -0.479. The third-order valence-electron chi connectivity index (χ3n) is 3.78. The van der Waals surface area contributed by atoms with Gasteiger partial charge in [-0.15, -0.1) is 0 Å². The number of aromatic nitrogens is 2. The van der Waals surface area contributed by atoms with Crippen molar-refractivity contribution >= 4 is 34.7 Å². The van der Waals surface area contributed by atoms with Crippen LogP contribution >= 0.6 is 11.6 Å². The van der Waals surface area contributed by atoms with E-state index in [4.69, 9.17) is 21.1 Å². The van der Waals surface area contributed by atoms with Crippen LogP contribution in [0.1, 0.15) is 5.56 Å². The molecule has 3 aromatic rings. The number of nitrogens with zero attached hydrogens (tertiary/aromatic N) is 2. The number of halogens is 2. The van der Waals surface area contributed by atoms with Gasteiger partial charge in [0.2, 0.25) is 12.7 Å². The van der Waals surface area contributed by atoms with Gasteiger partial charge < -0.3 is 20.1 Å². The highest BCUT2D eigenvalue weighted by molar-refractivity contribution is 6.31. The van der Waals surface area contributed by atoms with E-state index in [0.29, 0.717) is 29.0 Å². The van der Waals surface area contributed by atoms with E-state index in [1.54, 1.807) is 12.3 Å². The largest absolute Gasteiger partial charge is 0.454 e. The monoisotopic (exact) mass is 372 g/mol. The fourth-order valence-electron chi connectivity index (χ4n) is 2.44. The summed E-state index contributed by atoms with van der Waals surface area (Å²) in [6, 6.07) is 9.88. The molecule has 2 N–H and O–H groups in total. The van der Waals surface area contributed by atoms with Crippen molar-refractivity contribution in [2.45, 2.75) is 6.92 Å². The van der Waals surface area contributed by atoms with Crippen molar-refractivity contribution in [3.05, 3.63) is 59.0 Å². The van der Waals surface area contributed by atoms with E-state index in [1.165, 1.54) is 12.1 Å². The SMILES string of the molecule is Cc1cnc(Nc2ccc(F)c(Cl)c2)nc1Nc1ccc2c(c1)OCO2. The van der Waals surface area contributed by atoms with Gasteiger partial charge in [0.1, 0.15) is 11.6 Å². The summed E-state index contributed by atoms with van der Waals surface area (Å²) >= 11 is 5.80. The van der Waals surface area contributed by atoms with Gasteiger partial charge >= 0.3 is 0 Å². The predicted molar refractivity (Wildman–Crippen MR) is 97.3 cm³/mol. The minimum Gasteiger partial charge on any atom is -0.454 e. The number of hydrogen-bond acceptors (Lipinski definition) is 6. The maximum atomic E-state index is 13.3. The Hall–Kier alpha value is -3.06. The lowest BCUT2D eigenvalue weighted by Crippen LogP contribution is -2.03. The molecule has 4 rings (SSSR count). The Morgan fingerprint density at radius 1 is 1.04 bits per heavy atom. The van der Waals surface area contributed by atoms with E-state index in [-0.39, 0.29) is 11.8 Å². The van der Waals surface area contributed by atoms with Gasteiger partial charge in [-0.1, -0.05) is 11.6 Å². The molecule has 8 heteroatoms. The molecule has 1 aromatic heterocycles. The van der Waals surface area contributed by atoms with Gasteiger partial charge in [-0.25, -0.2) is 9.37 Å². The Bertz CT molecular complexity index is 983. The summed E-state index contributed by atoms with van der Waals surface area (Å²) in [7, 11) is 0. The topological polar surface area (TPSA) is 68.3 Å². The van der Waals surface area contributed by atoms with Crippen molar-refractivity contribution in [3.8, 4) is 11.5 Å². The molecule has 2 aromatic carbocycles. The zero-order valence-electron chi connectivity index (χ0n) is 13.7. The summed E-state index contributed by atoms with van der Waals surface area (Å²) in [5.74, 6) is 1.91. The van der Waals surface area contributed by atoms with Gasteiger partial charge in [0, 0.05) is 29.2 Å². The van der Waals surface area contributed by atoms with Crippen LogP contribution in [0.2, 0.25) is 5.02 Å². The van der Waals surface area contributed by atoms with E-state index in [2.05, 4.69) is 20.6 Å². The number of rotatable bonds is 4. The Kier molecular flexibility index (Phi) is 4.22. The molecule has 0 bridgehead atoms. The first-order chi connectivity index (χ1) is 12.6. The molecule has 1 aliphatic heterocycles. The number of anilines is 4. The van der Waals surface area contributed by atoms with Crippen molar-refractivity contribution < 1.29 is 13.9 Å². The molecule has 26 heavy (non-hydrogen) atoms. The molecule has 0 saturated heterocycles. The molecule has 132 valence electrons. The molecule has 6 nitrogen and oxygen atoms in total. The molecule has 0 atom stereocenters. The smallest absolute Gasteiger partial charge is 0.231 e. The van der Waals surface area contributed by atoms with E-state index in [9.17, 15) is 4.39 Å². The zero-order chi connectivity index (χ0) is 18.1. The van der Waals surface area contributed by atoms with Crippen LogP contribution in [-0.4, -0.2) is 16.8 Å². The molecule has 0 saturated carbocycles. The number of aryl methyl sites for hydroxylation is 1. The average molecular weight is 373 g/mol. The molecule has 0 fully saturated rings. The van der Waals surface area contributed by atoms with E-state index < -0.39 is 5.82 Å². The lowest BCUT2D eigenvalue weighted by molar-refractivity contribution is 0.174. The molecule has 1 aliphatic rings. The first kappa shape index (κ1) is 16.4. The average Bonchev–Trinajstić information content (AvgIpc) is 3.09. The molecule has 0 radical (unpaired) electrons. The summed E-state index contributed by atoms with van der Waals surface area (Å²) < 4.78 is 24.0. The predicted octanol–water partition coefficient (Wildman–Crippen LogP) is 4.79. The Balaban J connectivity index is 1.57. The normalized spacial score (nSPS) is 12.1. The third kappa shape index (κ3) is 3.34. The van der Waals surface area contributed by atoms with Crippen molar-refractivity contribution in [3.63, 3.8) is 0 Å². The standard InChI is InChI=1S/C18H14ClFN4O2/c1-10-8-21-18(23-11-2-4-14(20)13(19)6-11)24-17(10)22-12-3-5-15-16(7-12)26-9-25-15/h2-8H,9H2,1H3,(H2,21,22,23,24). The molecule has 0 amide bonds.